The van der Waals surface area contributed by atoms with E-state index in [1.54, 1.807) is 23.0 Å². The van der Waals surface area contributed by atoms with E-state index in [-0.39, 0.29) is 5.91 Å². The Morgan fingerprint density at radius 3 is 2.73 bits per heavy atom. The van der Waals surface area contributed by atoms with Crippen molar-refractivity contribution in [3.8, 4) is 5.69 Å². The van der Waals surface area contributed by atoms with Crippen LogP contribution in [0.1, 0.15) is 21.9 Å². The van der Waals surface area contributed by atoms with Crippen LogP contribution in [0, 0.1) is 6.92 Å². The normalized spacial score (nSPS) is 10.6. The molecule has 1 N–H and O–H groups in total. The monoisotopic (exact) mass is 315 g/mol. The number of nitrogens with zero attached hydrogens (tertiary/aromatic N) is 2. The molecule has 0 saturated heterocycles. The van der Waals surface area contributed by atoms with Gasteiger partial charge in [0, 0.05) is 11.2 Å². The fourth-order valence-electron chi connectivity index (χ4n) is 2.02. The second-order valence-corrected chi connectivity index (χ2v) is 5.28. The Hall–Kier alpha value is -2.53. The van der Waals surface area contributed by atoms with Gasteiger partial charge < -0.3 is 9.73 Å². The number of carbonyl (C=O) groups is 1. The van der Waals surface area contributed by atoms with Gasteiger partial charge in [-0.15, -0.1) is 0 Å². The van der Waals surface area contributed by atoms with Crippen LogP contribution in [-0.2, 0) is 6.54 Å². The Kier molecular flexibility index (Phi) is 3.98. The van der Waals surface area contributed by atoms with Crippen molar-refractivity contribution >= 4 is 17.5 Å². The molecule has 0 radical (unpaired) electrons. The van der Waals surface area contributed by atoms with Crippen LogP contribution in [0.2, 0.25) is 5.02 Å². The molecule has 0 spiro atoms. The van der Waals surface area contributed by atoms with Crippen molar-refractivity contribution in [3.63, 3.8) is 0 Å². The molecular formula is C16H14ClN3O2. The summed E-state index contributed by atoms with van der Waals surface area (Å²) in [6.45, 7) is 2.21. The second kappa shape index (κ2) is 6.07. The molecule has 1 amide bonds. The molecule has 5 nitrogen and oxygen atoms in total. The minimum Gasteiger partial charge on any atom is -0.465 e. The van der Waals surface area contributed by atoms with E-state index in [1.807, 2.05) is 31.2 Å². The predicted molar refractivity (Wildman–Crippen MR) is 83.2 cm³/mol. The number of furan rings is 1. The molecule has 22 heavy (non-hydrogen) atoms. The van der Waals surface area contributed by atoms with Gasteiger partial charge in [-0.05, 0) is 43.3 Å². The van der Waals surface area contributed by atoms with E-state index in [2.05, 4.69) is 10.4 Å². The molecule has 0 saturated carbocycles. The van der Waals surface area contributed by atoms with Gasteiger partial charge in [0.05, 0.1) is 24.0 Å². The van der Waals surface area contributed by atoms with E-state index in [9.17, 15) is 4.79 Å². The van der Waals surface area contributed by atoms with Crippen molar-refractivity contribution in [3.05, 3.63) is 70.9 Å². The molecule has 0 atom stereocenters. The first-order valence-electron chi connectivity index (χ1n) is 6.76. The maximum Gasteiger partial charge on any atom is 0.254 e. The van der Waals surface area contributed by atoms with Crippen molar-refractivity contribution in [2.75, 3.05) is 0 Å². The molecule has 0 aliphatic carbocycles. The van der Waals surface area contributed by atoms with Crippen LogP contribution >= 0.6 is 11.6 Å². The van der Waals surface area contributed by atoms with E-state index in [0.717, 1.165) is 17.2 Å². The first-order chi connectivity index (χ1) is 10.6. The Bertz CT molecular complexity index is 790. The first-order valence-corrected chi connectivity index (χ1v) is 7.14. The van der Waals surface area contributed by atoms with Crippen LogP contribution < -0.4 is 5.32 Å². The zero-order chi connectivity index (χ0) is 15.5. The van der Waals surface area contributed by atoms with Crippen molar-refractivity contribution in [2.24, 2.45) is 0 Å². The fraction of sp³-hybridized carbons (Fsp3) is 0.125. The summed E-state index contributed by atoms with van der Waals surface area (Å²) in [5.41, 5.74) is 1.32. The zero-order valence-electron chi connectivity index (χ0n) is 11.9. The number of carbonyl (C=O) groups excluding carboxylic acids is 1. The van der Waals surface area contributed by atoms with Crippen molar-refractivity contribution < 1.29 is 9.21 Å². The molecule has 0 unspecified atom stereocenters. The van der Waals surface area contributed by atoms with E-state index in [0.29, 0.717) is 17.1 Å². The second-order valence-electron chi connectivity index (χ2n) is 4.85. The molecule has 3 rings (SSSR count). The maximum absolute atomic E-state index is 12.1. The van der Waals surface area contributed by atoms with Gasteiger partial charge in [-0.1, -0.05) is 11.6 Å². The molecule has 0 aliphatic heterocycles. The Labute approximate surface area is 132 Å². The lowest BCUT2D eigenvalue weighted by molar-refractivity contribution is 0.0948. The third kappa shape index (κ3) is 3.20. The summed E-state index contributed by atoms with van der Waals surface area (Å²) in [5, 5.41) is 7.64. The molecule has 2 aromatic heterocycles. The topological polar surface area (TPSA) is 60.1 Å². The Balaban J connectivity index is 1.67. The van der Waals surface area contributed by atoms with Crippen molar-refractivity contribution in [1.29, 1.82) is 0 Å². The molecule has 2 heterocycles. The summed E-state index contributed by atoms with van der Waals surface area (Å²) in [6, 6.07) is 10.9. The average Bonchev–Trinajstić information content (AvgIpc) is 3.15. The van der Waals surface area contributed by atoms with Crippen LogP contribution in [-0.4, -0.2) is 15.7 Å². The molecule has 0 fully saturated rings. The average molecular weight is 316 g/mol. The third-order valence-electron chi connectivity index (χ3n) is 3.16. The molecule has 112 valence electrons. The summed E-state index contributed by atoms with van der Waals surface area (Å²) in [6.07, 6.45) is 3.20. The highest BCUT2D eigenvalue weighted by Crippen LogP contribution is 2.13. The number of amides is 1. The largest absolute Gasteiger partial charge is 0.465 e. The van der Waals surface area contributed by atoms with Gasteiger partial charge in [-0.25, -0.2) is 4.68 Å². The van der Waals surface area contributed by atoms with Crippen molar-refractivity contribution in [1.82, 2.24) is 15.1 Å². The van der Waals surface area contributed by atoms with Gasteiger partial charge in [0.2, 0.25) is 0 Å². The smallest absolute Gasteiger partial charge is 0.254 e. The highest BCUT2D eigenvalue weighted by atomic mass is 35.5. The van der Waals surface area contributed by atoms with Gasteiger partial charge in [-0.2, -0.15) is 5.10 Å². The number of benzene rings is 1. The van der Waals surface area contributed by atoms with Crippen LogP contribution in [0.4, 0.5) is 0 Å². The molecular weight excluding hydrogens is 302 g/mol. The van der Waals surface area contributed by atoms with E-state index >= 15 is 0 Å². The Morgan fingerprint density at radius 2 is 2.05 bits per heavy atom. The van der Waals surface area contributed by atoms with Gasteiger partial charge in [0.1, 0.15) is 11.5 Å². The fourth-order valence-corrected chi connectivity index (χ4v) is 2.15. The van der Waals surface area contributed by atoms with Crippen LogP contribution in [0.25, 0.3) is 5.69 Å². The van der Waals surface area contributed by atoms with Crippen LogP contribution in [0.5, 0.6) is 0 Å². The highest BCUT2D eigenvalue weighted by Gasteiger charge is 2.10. The lowest BCUT2D eigenvalue weighted by Gasteiger charge is -2.01. The quantitative estimate of drug-likeness (QED) is 0.803. The number of halogens is 1. The van der Waals surface area contributed by atoms with Gasteiger partial charge in [0.25, 0.3) is 5.91 Å². The van der Waals surface area contributed by atoms with Gasteiger partial charge >= 0.3 is 0 Å². The number of aryl methyl sites for hydroxylation is 1. The summed E-state index contributed by atoms with van der Waals surface area (Å²) in [4.78, 5) is 12.1. The van der Waals surface area contributed by atoms with Gasteiger partial charge in [-0.3, -0.25) is 4.79 Å². The van der Waals surface area contributed by atoms with Crippen molar-refractivity contribution in [2.45, 2.75) is 13.5 Å². The number of nitrogens with one attached hydrogen (secondary N) is 1. The van der Waals surface area contributed by atoms with E-state index in [4.69, 9.17) is 16.0 Å². The summed E-state index contributed by atoms with van der Waals surface area (Å²) in [7, 11) is 0. The minimum atomic E-state index is -0.200. The molecule has 6 heteroatoms. The van der Waals surface area contributed by atoms with E-state index < -0.39 is 0 Å². The van der Waals surface area contributed by atoms with Crippen LogP contribution in [0.15, 0.2) is 53.2 Å². The van der Waals surface area contributed by atoms with Gasteiger partial charge in [0.15, 0.2) is 0 Å². The molecule has 3 aromatic rings. The summed E-state index contributed by atoms with van der Waals surface area (Å²) >= 11 is 5.85. The minimum absolute atomic E-state index is 0.200. The zero-order valence-corrected chi connectivity index (χ0v) is 12.7. The number of hydrogen-bond acceptors (Lipinski definition) is 3. The summed E-state index contributed by atoms with van der Waals surface area (Å²) < 4.78 is 7.03. The number of hydrogen-bond donors (Lipinski definition) is 1. The number of aromatic nitrogens is 2. The standard InChI is InChI=1S/C16H14ClN3O2/c1-11-2-7-15(22-11)9-18-16(21)12-8-19-20(10-12)14-5-3-13(17)4-6-14/h2-8,10H,9H2,1H3,(H,18,21). The first kappa shape index (κ1) is 14.4. The highest BCUT2D eigenvalue weighted by molar-refractivity contribution is 6.30. The number of rotatable bonds is 4. The maximum atomic E-state index is 12.1. The molecule has 1 aromatic carbocycles. The van der Waals surface area contributed by atoms with E-state index in [1.165, 1.54) is 6.20 Å². The molecule has 0 bridgehead atoms. The summed E-state index contributed by atoms with van der Waals surface area (Å²) in [5.74, 6) is 1.34. The lowest BCUT2D eigenvalue weighted by Crippen LogP contribution is -2.22. The molecule has 0 aliphatic rings. The predicted octanol–water partition coefficient (Wildman–Crippen LogP) is 3.36. The SMILES string of the molecule is Cc1ccc(CNC(=O)c2cnn(-c3ccc(Cl)cc3)c2)o1. The third-order valence-corrected chi connectivity index (χ3v) is 3.41. The lowest BCUT2D eigenvalue weighted by atomic mass is 10.3. The van der Waals surface area contributed by atoms with Crippen LogP contribution in [0.3, 0.4) is 0 Å². The Morgan fingerprint density at radius 1 is 1.27 bits per heavy atom.